The van der Waals surface area contributed by atoms with E-state index in [-0.39, 0.29) is 30.5 Å². The Labute approximate surface area is 144 Å². The van der Waals surface area contributed by atoms with Crippen molar-refractivity contribution in [2.45, 2.75) is 26.1 Å². The molecule has 0 saturated carbocycles. The molecule has 0 amide bonds. The minimum absolute atomic E-state index is 0. The fraction of sp³-hybridized carbons (Fsp3) is 0.462. The molecule has 3 nitrogen and oxygen atoms in total. The van der Waals surface area contributed by atoms with Crippen molar-refractivity contribution in [3.8, 4) is 0 Å². The summed E-state index contributed by atoms with van der Waals surface area (Å²) in [5, 5.41) is 6.18. The minimum atomic E-state index is -4.17. The van der Waals surface area contributed by atoms with Crippen LogP contribution in [0.1, 0.15) is 18.9 Å². The summed E-state index contributed by atoms with van der Waals surface area (Å²) in [4.78, 5) is 4.22. The summed E-state index contributed by atoms with van der Waals surface area (Å²) in [7, 11) is 0. The second kappa shape index (κ2) is 10.1. The summed E-state index contributed by atoms with van der Waals surface area (Å²) in [6.07, 6.45) is -5.06. The van der Waals surface area contributed by atoms with Gasteiger partial charge < -0.3 is 10.6 Å². The van der Waals surface area contributed by atoms with Crippen molar-refractivity contribution in [2.24, 2.45) is 4.99 Å². The Balaban J connectivity index is 0.00000400. The van der Waals surface area contributed by atoms with Gasteiger partial charge in [-0.3, -0.25) is 0 Å². The molecule has 0 atom stereocenters. The number of rotatable bonds is 5. The molecule has 8 heteroatoms. The fourth-order valence-corrected chi connectivity index (χ4v) is 1.55. The monoisotopic (exact) mass is 435 g/mol. The highest BCUT2D eigenvalue weighted by Gasteiger charge is 2.26. The fourth-order valence-electron chi connectivity index (χ4n) is 1.42. The molecule has 21 heavy (non-hydrogen) atoms. The molecule has 120 valence electrons. The molecule has 0 radical (unpaired) electrons. The van der Waals surface area contributed by atoms with Crippen molar-refractivity contribution in [3.05, 3.63) is 34.9 Å². The van der Waals surface area contributed by atoms with Crippen LogP contribution in [0.15, 0.2) is 29.3 Å². The lowest BCUT2D eigenvalue weighted by molar-refractivity contribution is -0.132. The van der Waals surface area contributed by atoms with Gasteiger partial charge in [0, 0.05) is 18.1 Å². The molecule has 0 aliphatic carbocycles. The number of guanidine groups is 1. The highest BCUT2D eigenvalue weighted by molar-refractivity contribution is 14.0. The van der Waals surface area contributed by atoms with Crippen molar-refractivity contribution in [1.82, 2.24) is 10.6 Å². The Morgan fingerprint density at radius 2 is 1.81 bits per heavy atom. The second-order valence-corrected chi connectivity index (χ2v) is 4.55. The van der Waals surface area contributed by atoms with Gasteiger partial charge in [0.2, 0.25) is 0 Å². The molecule has 0 saturated heterocycles. The molecule has 0 aliphatic heterocycles. The van der Waals surface area contributed by atoms with Crippen molar-refractivity contribution in [3.63, 3.8) is 0 Å². The van der Waals surface area contributed by atoms with E-state index in [1.165, 1.54) is 0 Å². The molecular formula is C13H18ClF3IN3. The lowest BCUT2D eigenvalue weighted by Gasteiger charge is -2.12. The van der Waals surface area contributed by atoms with Gasteiger partial charge in [0.15, 0.2) is 5.96 Å². The maximum atomic E-state index is 12.1. The molecule has 2 N–H and O–H groups in total. The average Bonchev–Trinajstić information content (AvgIpc) is 2.36. The van der Waals surface area contributed by atoms with Crippen LogP contribution >= 0.6 is 35.6 Å². The quantitative estimate of drug-likeness (QED) is 0.417. The number of hydrogen-bond donors (Lipinski definition) is 2. The van der Waals surface area contributed by atoms with E-state index in [1.807, 2.05) is 19.1 Å². The Hall–Kier alpha value is -0.700. The van der Waals surface area contributed by atoms with E-state index in [0.29, 0.717) is 24.1 Å². The van der Waals surface area contributed by atoms with Gasteiger partial charge in [-0.1, -0.05) is 23.7 Å². The second-order valence-electron chi connectivity index (χ2n) is 4.11. The van der Waals surface area contributed by atoms with Gasteiger partial charge in [-0.25, -0.2) is 4.99 Å². The summed E-state index contributed by atoms with van der Waals surface area (Å²) in [5.74, 6) is 0.367. The number of nitrogens with zero attached hydrogens (tertiary/aromatic N) is 1. The summed E-state index contributed by atoms with van der Waals surface area (Å²) < 4.78 is 36.2. The van der Waals surface area contributed by atoms with Crippen LogP contribution in [-0.2, 0) is 6.54 Å². The zero-order valence-corrected chi connectivity index (χ0v) is 14.6. The zero-order valence-electron chi connectivity index (χ0n) is 11.5. The standard InChI is InChI=1S/C13H17ClF3N3.HI/c1-2-18-12(19-8-7-13(15,16)17)20-9-10-3-5-11(14)6-4-10;/h3-6H,2,7-9H2,1H3,(H2,18,19,20);1H. The van der Waals surface area contributed by atoms with Crippen LogP contribution in [-0.4, -0.2) is 25.2 Å². The van der Waals surface area contributed by atoms with Crippen LogP contribution in [0.2, 0.25) is 5.02 Å². The molecule has 1 rings (SSSR count). The van der Waals surface area contributed by atoms with Gasteiger partial charge in [-0.05, 0) is 24.6 Å². The van der Waals surface area contributed by atoms with Crippen LogP contribution in [0.3, 0.4) is 0 Å². The summed E-state index contributed by atoms with van der Waals surface area (Å²) in [6, 6.07) is 7.14. The predicted octanol–water partition coefficient (Wildman–Crippen LogP) is 3.97. The molecule has 0 bridgehead atoms. The Kier molecular flexibility index (Phi) is 9.76. The molecular weight excluding hydrogens is 418 g/mol. The Morgan fingerprint density at radius 3 is 2.33 bits per heavy atom. The van der Waals surface area contributed by atoms with E-state index in [0.717, 1.165) is 5.56 Å². The van der Waals surface area contributed by atoms with Crippen LogP contribution in [0.4, 0.5) is 13.2 Å². The van der Waals surface area contributed by atoms with E-state index in [4.69, 9.17) is 11.6 Å². The summed E-state index contributed by atoms with van der Waals surface area (Å²) >= 11 is 5.77. The third-order valence-corrected chi connectivity index (χ3v) is 2.63. The van der Waals surface area contributed by atoms with Gasteiger partial charge >= 0.3 is 6.18 Å². The number of aliphatic imine (C=N–C) groups is 1. The van der Waals surface area contributed by atoms with E-state index < -0.39 is 12.6 Å². The molecule has 0 fully saturated rings. The number of benzene rings is 1. The molecule has 0 spiro atoms. The largest absolute Gasteiger partial charge is 0.390 e. The lowest BCUT2D eigenvalue weighted by atomic mass is 10.2. The first-order valence-electron chi connectivity index (χ1n) is 6.24. The van der Waals surface area contributed by atoms with Crippen LogP contribution < -0.4 is 10.6 Å². The maximum absolute atomic E-state index is 12.1. The summed E-state index contributed by atoms with van der Waals surface area (Å²) in [6.45, 7) is 2.61. The number of hydrogen-bond acceptors (Lipinski definition) is 1. The van der Waals surface area contributed by atoms with Crippen molar-refractivity contribution < 1.29 is 13.2 Å². The molecule has 1 aromatic rings. The highest BCUT2D eigenvalue weighted by atomic mass is 127. The first-order valence-corrected chi connectivity index (χ1v) is 6.62. The smallest absolute Gasteiger partial charge is 0.357 e. The Morgan fingerprint density at radius 1 is 1.19 bits per heavy atom. The van der Waals surface area contributed by atoms with Gasteiger partial charge in [-0.2, -0.15) is 13.2 Å². The van der Waals surface area contributed by atoms with Crippen LogP contribution in [0.5, 0.6) is 0 Å². The number of halogens is 5. The van der Waals surface area contributed by atoms with Crippen LogP contribution in [0, 0.1) is 0 Å². The number of nitrogens with one attached hydrogen (secondary N) is 2. The molecule has 0 heterocycles. The summed E-state index contributed by atoms with van der Waals surface area (Å²) in [5.41, 5.74) is 0.933. The lowest BCUT2D eigenvalue weighted by Crippen LogP contribution is -2.38. The van der Waals surface area contributed by atoms with Crippen molar-refractivity contribution in [1.29, 1.82) is 0 Å². The first-order chi connectivity index (χ1) is 9.40. The van der Waals surface area contributed by atoms with Crippen molar-refractivity contribution >= 4 is 41.5 Å². The van der Waals surface area contributed by atoms with E-state index in [1.54, 1.807) is 12.1 Å². The van der Waals surface area contributed by atoms with Crippen LogP contribution in [0.25, 0.3) is 0 Å². The maximum Gasteiger partial charge on any atom is 0.390 e. The first kappa shape index (κ1) is 20.3. The number of alkyl halides is 3. The van der Waals surface area contributed by atoms with Gasteiger partial charge in [0.25, 0.3) is 0 Å². The third kappa shape index (κ3) is 9.78. The van der Waals surface area contributed by atoms with Gasteiger partial charge in [0.1, 0.15) is 0 Å². The molecule has 0 aliphatic rings. The minimum Gasteiger partial charge on any atom is -0.357 e. The molecule has 0 aromatic heterocycles. The van der Waals surface area contributed by atoms with Gasteiger partial charge in [0.05, 0.1) is 13.0 Å². The normalized spacial score (nSPS) is 11.8. The van der Waals surface area contributed by atoms with E-state index >= 15 is 0 Å². The van der Waals surface area contributed by atoms with E-state index in [9.17, 15) is 13.2 Å². The Bertz CT molecular complexity index is 435. The predicted molar refractivity (Wildman–Crippen MR) is 90.4 cm³/mol. The molecule has 1 aromatic carbocycles. The van der Waals surface area contributed by atoms with E-state index in [2.05, 4.69) is 15.6 Å². The highest BCUT2D eigenvalue weighted by Crippen LogP contribution is 2.18. The topological polar surface area (TPSA) is 36.4 Å². The third-order valence-electron chi connectivity index (χ3n) is 2.38. The zero-order chi connectivity index (χ0) is 15.0. The SMILES string of the molecule is CCNC(=NCc1ccc(Cl)cc1)NCCC(F)(F)F.I. The molecule has 0 unspecified atom stereocenters. The average molecular weight is 436 g/mol. The van der Waals surface area contributed by atoms with Crippen molar-refractivity contribution in [2.75, 3.05) is 13.1 Å². The van der Waals surface area contributed by atoms with Gasteiger partial charge in [-0.15, -0.1) is 24.0 Å².